The molecule has 0 bridgehead atoms. The van der Waals surface area contributed by atoms with Crippen molar-refractivity contribution in [3.8, 4) is 0 Å². The Balaban J connectivity index is 1.19. The molecule has 0 aromatic carbocycles. The molecule has 0 amide bonds. The molecule has 4 aliphatic rings. The van der Waals surface area contributed by atoms with Gasteiger partial charge in [-0.05, 0) is 105 Å². The van der Waals surface area contributed by atoms with Crippen LogP contribution in [0.4, 0.5) is 0 Å². The van der Waals surface area contributed by atoms with Gasteiger partial charge in [-0.15, -0.1) is 5.10 Å². The molecule has 0 saturated heterocycles. The van der Waals surface area contributed by atoms with E-state index < -0.39 is 5.60 Å². The van der Waals surface area contributed by atoms with Gasteiger partial charge in [-0.2, -0.15) is 0 Å². The highest BCUT2D eigenvalue weighted by Gasteiger charge is 2.58. The van der Waals surface area contributed by atoms with E-state index in [2.05, 4.69) is 29.1 Å². The van der Waals surface area contributed by atoms with E-state index >= 15 is 0 Å². The number of carbonyl (C=O) groups excluding carboxylic acids is 1. The highest BCUT2D eigenvalue weighted by Crippen LogP contribution is 2.64. The molecule has 178 valence electrons. The lowest BCUT2D eigenvalue weighted by Gasteiger charge is -2.57. The lowest BCUT2D eigenvalue weighted by atomic mass is 9.48. The molecule has 4 saturated carbocycles. The molecule has 1 N–H and O–H groups in total. The zero-order chi connectivity index (χ0) is 22.8. The van der Waals surface area contributed by atoms with Crippen molar-refractivity contribution in [1.82, 2.24) is 20.0 Å². The first kappa shape index (κ1) is 21.7. The molecule has 4 fully saturated rings. The molecule has 0 aliphatic heterocycles. The van der Waals surface area contributed by atoms with Crippen LogP contribution in [0, 0.1) is 40.9 Å². The van der Waals surface area contributed by atoms with Crippen molar-refractivity contribution in [2.45, 2.75) is 90.2 Å². The normalized spacial score (nSPS) is 42.5. The summed E-state index contributed by atoms with van der Waals surface area (Å²) < 4.78 is 1.77. The van der Waals surface area contributed by atoms with Gasteiger partial charge < -0.3 is 5.11 Å². The van der Waals surface area contributed by atoms with E-state index in [-0.39, 0.29) is 11.3 Å². The summed E-state index contributed by atoms with van der Waals surface area (Å²) in [7, 11) is 0. The molecule has 2 heterocycles. The van der Waals surface area contributed by atoms with Crippen LogP contribution in [0.5, 0.6) is 0 Å². The van der Waals surface area contributed by atoms with Crippen molar-refractivity contribution < 1.29 is 9.90 Å². The molecule has 0 radical (unpaired) electrons. The minimum Gasteiger partial charge on any atom is -0.390 e. The number of aromatic nitrogens is 4. The summed E-state index contributed by atoms with van der Waals surface area (Å²) in [5.41, 5.74) is 1.36. The molecule has 6 heteroatoms. The van der Waals surface area contributed by atoms with Gasteiger partial charge in [0.05, 0.1) is 17.3 Å². The van der Waals surface area contributed by atoms with Crippen LogP contribution in [0.25, 0.3) is 11.0 Å². The number of nitrogens with zero attached hydrogens (tertiary/aromatic N) is 4. The van der Waals surface area contributed by atoms with Crippen molar-refractivity contribution in [2.24, 2.45) is 40.9 Å². The second-order valence-electron chi connectivity index (χ2n) is 12.0. The molecule has 33 heavy (non-hydrogen) atoms. The summed E-state index contributed by atoms with van der Waals surface area (Å²) >= 11 is 0. The minimum atomic E-state index is -0.413. The number of hydrogen-bond acceptors (Lipinski definition) is 5. The third-order valence-electron chi connectivity index (χ3n) is 10.8. The maximum absolute atomic E-state index is 13.6. The molecule has 8 atom stereocenters. The number of pyridine rings is 1. The predicted molar refractivity (Wildman–Crippen MR) is 126 cm³/mol. The summed E-state index contributed by atoms with van der Waals surface area (Å²) in [5.74, 6) is 4.24. The summed E-state index contributed by atoms with van der Waals surface area (Å²) in [4.78, 5) is 17.7. The Morgan fingerprint density at radius 1 is 1.12 bits per heavy atom. The quantitative estimate of drug-likeness (QED) is 0.723. The summed E-state index contributed by atoms with van der Waals surface area (Å²) in [6.07, 6.45) is 14.8. The Kier molecular flexibility index (Phi) is 5.17. The van der Waals surface area contributed by atoms with Gasteiger partial charge in [-0.1, -0.05) is 19.1 Å². The van der Waals surface area contributed by atoms with Gasteiger partial charge >= 0.3 is 0 Å². The fourth-order valence-corrected chi connectivity index (χ4v) is 9.01. The average molecular weight is 451 g/mol. The van der Waals surface area contributed by atoms with Gasteiger partial charge in [0.2, 0.25) is 0 Å². The van der Waals surface area contributed by atoms with Crippen LogP contribution >= 0.6 is 0 Å². The first-order chi connectivity index (χ1) is 15.9. The van der Waals surface area contributed by atoms with Gasteiger partial charge in [0.25, 0.3) is 0 Å². The molecule has 6 rings (SSSR count). The second kappa shape index (κ2) is 7.86. The number of ketones is 1. The Morgan fingerprint density at radius 3 is 2.82 bits per heavy atom. The highest BCUT2D eigenvalue weighted by molar-refractivity contribution is 5.84. The first-order valence-corrected chi connectivity index (χ1v) is 13.3. The van der Waals surface area contributed by atoms with Crippen LogP contribution in [-0.2, 0) is 11.3 Å². The number of rotatable bonds is 4. The molecule has 1 unspecified atom stereocenters. The van der Waals surface area contributed by atoms with Gasteiger partial charge in [0.15, 0.2) is 5.78 Å². The van der Waals surface area contributed by atoms with Crippen molar-refractivity contribution in [1.29, 1.82) is 0 Å². The zero-order valence-electron chi connectivity index (χ0n) is 20.1. The van der Waals surface area contributed by atoms with E-state index in [9.17, 15) is 9.90 Å². The van der Waals surface area contributed by atoms with Gasteiger partial charge in [-0.25, -0.2) is 4.68 Å². The average Bonchev–Trinajstić information content (AvgIpc) is 3.39. The van der Waals surface area contributed by atoms with Crippen LogP contribution in [0.2, 0.25) is 0 Å². The zero-order valence-corrected chi connectivity index (χ0v) is 20.1. The Hall–Kier alpha value is -1.82. The maximum atomic E-state index is 13.6. The summed E-state index contributed by atoms with van der Waals surface area (Å²) in [6.45, 7) is 4.89. The molecule has 0 spiro atoms. The molecule has 6 nitrogen and oxygen atoms in total. The Morgan fingerprint density at radius 2 is 1.97 bits per heavy atom. The number of fused-ring (bicyclic) bond motifs is 6. The number of Topliss-reactive ketones (excluding diaryl/α,β-unsaturated/α-hetero) is 1. The second-order valence-corrected chi connectivity index (χ2v) is 12.0. The van der Waals surface area contributed by atoms with E-state index in [4.69, 9.17) is 0 Å². The van der Waals surface area contributed by atoms with Crippen molar-refractivity contribution in [3.63, 3.8) is 0 Å². The molecule has 2 aromatic heterocycles. The molecular formula is C27H38N4O2. The highest BCUT2D eigenvalue weighted by atomic mass is 16.3. The largest absolute Gasteiger partial charge is 0.390 e. The maximum Gasteiger partial charge on any atom is 0.157 e. The summed E-state index contributed by atoms with van der Waals surface area (Å²) in [5, 5.41) is 19.4. The van der Waals surface area contributed by atoms with Crippen molar-refractivity contribution >= 4 is 16.8 Å². The topological polar surface area (TPSA) is 80.9 Å². The standard InChI is InChI=1S/C27H38N4O2/c1-3-27(33)12-9-18-17(14-27)4-5-20-19(18)8-11-26(2)21(20)6-7-22(26)25(32)16-31-24-10-13-28-15-23(24)29-30-31/h10,13,15,17-22,33H,3-9,11-12,14,16H2,1-2H3/t17-,18+,19-,20?,21+,22-,26+,27-/m1/s1. The fraction of sp³-hybridized carbons (Fsp3) is 0.778. The lowest BCUT2D eigenvalue weighted by molar-refractivity contribution is -0.133. The minimum absolute atomic E-state index is 0.127. The van der Waals surface area contributed by atoms with E-state index in [1.165, 1.54) is 38.5 Å². The van der Waals surface area contributed by atoms with E-state index in [1.807, 2.05) is 6.07 Å². The van der Waals surface area contributed by atoms with E-state index in [1.54, 1.807) is 17.1 Å². The smallest absolute Gasteiger partial charge is 0.157 e. The SMILES string of the molecule is CC[C@@]1(O)CC[C@H]2[C@H](CCC3[C@@H]2CC[C@]2(C)[C@@H](C(=O)Cn4nnc5cnccc54)CC[C@@H]32)C1. The third kappa shape index (κ3) is 3.38. The monoisotopic (exact) mass is 450 g/mol. The number of hydrogen-bond donors (Lipinski definition) is 1. The van der Waals surface area contributed by atoms with Crippen LogP contribution in [0.3, 0.4) is 0 Å². The van der Waals surface area contributed by atoms with Crippen LogP contribution < -0.4 is 0 Å². The van der Waals surface area contributed by atoms with E-state index in [0.29, 0.717) is 24.2 Å². The van der Waals surface area contributed by atoms with Crippen LogP contribution in [0.1, 0.15) is 78.1 Å². The van der Waals surface area contributed by atoms with Gasteiger partial charge in [0.1, 0.15) is 12.1 Å². The first-order valence-electron chi connectivity index (χ1n) is 13.3. The van der Waals surface area contributed by atoms with Gasteiger partial charge in [-0.3, -0.25) is 9.78 Å². The van der Waals surface area contributed by atoms with Gasteiger partial charge in [0, 0.05) is 12.1 Å². The Labute approximate surface area is 196 Å². The molecule has 2 aromatic rings. The van der Waals surface area contributed by atoms with Crippen molar-refractivity contribution in [2.75, 3.05) is 0 Å². The third-order valence-corrected chi connectivity index (χ3v) is 10.8. The van der Waals surface area contributed by atoms with Crippen molar-refractivity contribution in [3.05, 3.63) is 18.5 Å². The van der Waals surface area contributed by atoms with Crippen LogP contribution in [-0.4, -0.2) is 36.5 Å². The predicted octanol–water partition coefficient (Wildman–Crippen LogP) is 4.81. The number of carbonyl (C=O) groups is 1. The Bertz CT molecular complexity index is 1050. The summed E-state index contributed by atoms with van der Waals surface area (Å²) in [6, 6.07) is 1.90. The lowest BCUT2D eigenvalue weighted by Crippen LogP contribution is -2.51. The molecular weight excluding hydrogens is 412 g/mol. The van der Waals surface area contributed by atoms with E-state index in [0.717, 1.165) is 54.5 Å². The fourth-order valence-electron chi connectivity index (χ4n) is 9.01. The number of aliphatic hydroxyl groups is 1. The van der Waals surface area contributed by atoms with Crippen LogP contribution in [0.15, 0.2) is 18.5 Å². The molecule has 4 aliphatic carbocycles.